The summed E-state index contributed by atoms with van der Waals surface area (Å²) < 4.78 is 0. The summed E-state index contributed by atoms with van der Waals surface area (Å²) in [6.07, 6.45) is 10.4. The molecule has 2 rings (SSSR count). The molecule has 92 valence electrons. The number of rotatable bonds is 6. The molecular weight excluding hydrogens is 200 g/mol. The molecule has 3 nitrogen and oxygen atoms in total. The average molecular weight is 224 g/mol. The van der Waals surface area contributed by atoms with Crippen LogP contribution < -0.4 is 10.6 Å². The van der Waals surface area contributed by atoms with Crippen molar-refractivity contribution in [1.29, 1.82) is 0 Å². The lowest BCUT2D eigenvalue weighted by Crippen LogP contribution is -2.39. The molecule has 0 unspecified atom stereocenters. The standard InChI is InChI=1S/C13H24N2O/c16-13(15-12-6-1-2-7-12)10-14-9-8-11-4-3-5-11/h11-12,14H,1-10H2,(H,15,16). The average Bonchev–Trinajstić information content (AvgIpc) is 2.67. The van der Waals surface area contributed by atoms with Crippen molar-refractivity contribution in [3.05, 3.63) is 0 Å². The monoisotopic (exact) mass is 224 g/mol. The molecule has 0 aromatic heterocycles. The van der Waals surface area contributed by atoms with Gasteiger partial charge in [0.15, 0.2) is 0 Å². The summed E-state index contributed by atoms with van der Waals surface area (Å²) in [5.74, 6) is 1.12. The Morgan fingerprint density at radius 2 is 1.81 bits per heavy atom. The van der Waals surface area contributed by atoms with E-state index in [2.05, 4.69) is 10.6 Å². The van der Waals surface area contributed by atoms with Crippen LogP contribution in [0.5, 0.6) is 0 Å². The molecule has 0 aromatic rings. The highest BCUT2D eigenvalue weighted by Gasteiger charge is 2.18. The Balaban J connectivity index is 1.46. The van der Waals surface area contributed by atoms with E-state index in [0.717, 1.165) is 12.5 Å². The van der Waals surface area contributed by atoms with Crippen molar-refractivity contribution in [2.24, 2.45) is 5.92 Å². The van der Waals surface area contributed by atoms with Crippen LogP contribution in [0.4, 0.5) is 0 Å². The van der Waals surface area contributed by atoms with Gasteiger partial charge < -0.3 is 10.6 Å². The fourth-order valence-corrected chi connectivity index (χ4v) is 2.64. The zero-order valence-electron chi connectivity index (χ0n) is 10.1. The Morgan fingerprint density at radius 1 is 1.06 bits per heavy atom. The quantitative estimate of drug-likeness (QED) is 0.676. The summed E-state index contributed by atoms with van der Waals surface area (Å²) >= 11 is 0. The molecule has 2 aliphatic carbocycles. The minimum absolute atomic E-state index is 0.181. The summed E-state index contributed by atoms with van der Waals surface area (Å²) in [7, 11) is 0. The molecule has 2 saturated carbocycles. The SMILES string of the molecule is O=C(CNCCC1CCC1)NC1CCCC1. The summed E-state index contributed by atoms with van der Waals surface area (Å²) in [5, 5.41) is 6.34. The van der Waals surface area contributed by atoms with E-state index in [1.807, 2.05) is 0 Å². The maximum absolute atomic E-state index is 11.6. The number of carbonyl (C=O) groups is 1. The molecule has 2 N–H and O–H groups in total. The van der Waals surface area contributed by atoms with Crippen LogP contribution in [-0.4, -0.2) is 25.0 Å². The lowest BCUT2D eigenvalue weighted by molar-refractivity contribution is -0.120. The van der Waals surface area contributed by atoms with Crippen LogP contribution in [0.25, 0.3) is 0 Å². The van der Waals surface area contributed by atoms with Crippen molar-refractivity contribution in [2.45, 2.75) is 57.4 Å². The van der Waals surface area contributed by atoms with Gasteiger partial charge in [-0.15, -0.1) is 0 Å². The largest absolute Gasteiger partial charge is 0.352 e. The van der Waals surface area contributed by atoms with Gasteiger partial charge in [0.05, 0.1) is 6.54 Å². The van der Waals surface area contributed by atoms with E-state index in [4.69, 9.17) is 0 Å². The smallest absolute Gasteiger partial charge is 0.234 e. The molecule has 0 aliphatic heterocycles. The first-order valence-electron chi connectivity index (χ1n) is 6.84. The number of amides is 1. The lowest BCUT2D eigenvalue weighted by atomic mass is 9.83. The first kappa shape index (κ1) is 11.9. The highest BCUT2D eigenvalue weighted by Crippen LogP contribution is 2.28. The maximum atomic E-state index is 11.6. The van der Waals surface area contributed by atoms with Gasteiger partial charge in [-0.25, -0.2) is 0 Å². The van der Waals surface area contributed by atoms with Gasteiger partial charge in [0.25, 0.3) is 0 Å². The van der Waals surface area contributed by atoms with Crippen molar-refractivity contribution in [3.63, 3.8) is 0 Å². The van der Waals surface area contributed by atoms with E-state index in [9.17, 15) is 4.79 Å². The van der Waals surface area contributed by atoms with Crippen LogP contribution in [0.3, 0.4) is 0 Å². The first-order chi connectivity index (χ1) is 7.84. The molecule has 16 heavy (non-hydrogen) atoms. The van der Waals surface area contributed by atoms with Crippen molar-refractivity contribution in [2.75, 3.05) is 13.1 Å². The van der Waals surface area contributed by atoms with E-state index >= 15 is 0 Å². The van der Waals surface area contributed by atoms with Gasteiger partial charge in [-0.2, -0.15) is 0 Å². The minimum Gasteiger partial charge on any atom is -0.352 e. The Morgan fingerprint density at radius 3 is 2.44 bits per heavy atom. The Labute approximate surface area is 98.4 Å². The van der Waals surface area contributed by atoms with E-state index in [1.54, 1.807) is 0 Å². The van der Waals surface area contributed by atoms with Crippen molar-refractivity contribution < 1.29 is 4.79 Å². The van der Waals surface area contributed by atoms with E-state index < -0.39 is 0 Å². The van der Waals surface area contributed by atoms with Crippen LogP contribution in [0.2, 0.25) is 0 Å². The van der Waals surface area contributed by atoms with Gasteiger partial charge in [0.2, 0.25) is 5.91 Å². The Bertz CT molecular complexity index is 220. The number of hydrogen-bond acceptors (Lipinski definition) is 2. The second kappa shape index (κ2) is 6.24. The third-order valence-electron chi connectivity index (χ3n) is 3.96. The van der Waals surface area contributed by atoms with Crippen LogP contribution in [-0.2, 0) is 4.79 Å². The van der Waals surface area contributed by atoms with Crippen LogP contribution in [0.1, 0.15) is 51.4 Å². The molecule has 0 heterocycles. The maximum Gasteiger partial charge on any atom is 0.234 e. The molecule has 3 heteroatoms. The molecule has 0 spiro atoms. The highest BCUT2D eigenvalue weighted by molar-refractivity contribution is 5.78. The molecule has 2 fully saturated rings. The summed E-state index contributed by atoms with van der Waals surface area (Å²) in [4.78, 5) is 11.6. The Kier molecular flexibility index (Phi) is 4.64. The molecule has 0 saturated heterocycles. The fourth-order valence-electron chi connectivity index (χ4n) is 2.64. The van der Waals surface area contributed by atoms with E-state index in [-0.39, 0.29) is 5.91 Å². The van der Waals surface area contributed by atoms with Gasteiger partial charge in [-0.3, -0.25) is 4.79 Å². The van der Waals surface area contributed by atoms with E-state index in [0.29, 0.717) is 12.6 Å². The number of carbonyl (C=O) groups excluding carboxylic acids is 1. The normalized spacial score (nSPS) is 22.0. The Hall–Kier alpha value is -0.570. The molecule has 0 atom stereocenters. The predicted octanol–water partition coefficient (Wildman–Crippen LogP) is 1.82. The highest BCUT2D eigenvalue weighted by atomic mass is 16.1. The van der Waals surface area contributed by atoms with Gasteiger partial charge in [0.1, 0.15) is 0 Å². The predicted molar refractivity (Wildman–Crippen MR) is 65.2 cm³/mol. The van der Waals surface area contributed by atoms with Gasteiger partial charge in [-0.05, 0) is 31.7 Å². The second-order valence-electron chi connectivity index (χ2n) is 5.31. The molecular formula is C13H24N2O. The topological polar surface area (TPSA) is 41.1 Å². The molecule has 2 aliphatic rings. The third kappa shape index (κ3) is 3.78. The van der Waals surface area contributed by atoms with Crippen LogP contribution >= 0.6 is 0 Å². The zero-order chi connectivity index (χ0) is 11.2. The number of hydrogen-bond donors (Lipinski definition) is 2. The minimum atomic E-state index is 0.181. The van der Waals surface area contributed by atoms with Gasteiger partial charge in [-0.1, -0.05) is 32.1 Å². The van der Waals surface area contributed by atoms with Crippen molar-refractivity contribution in [3.8, 4) is 0 Å². The van der Waals surface area contributed by atoms with E-state index in [1.165, 1.54) is 51.4 Å². The van der Waals surface area contributed by atoms with Crippen molar-refractivity contribution >= 4 is 5.91 Å². The number of nitrogens with one attached hydrogen (secondary N) is 2. The van der Waals surface area contributed by atoms with Crippen LogP contribution in [0.15, 0.2) is 0 Å². The molecule has 0 aromatic carbocycles. The zero-order valence-corrected chi connectivity index (χ0v) is 10.1. The molecule has 1 amide bonds. The molecule has 0 radical (unpaired) electrons. The summed E-state index contributed by atoms with van der Waals surface area (Å²) in [6, 6.07) is 0.459. The van der Waals surface area contributed by atoms with Gasteiger partial charge >= 0.3 is 0 Å². The summed E-state index contributed by atoms with van der Waals surface area (Å²) in [5.41, 5.74) is 0. The third-order valence-corrected chi connectivity index (χ3v) is 3.96. The van der Waals surface area contributed by atoms with Gasteiger partial charge in [0, 0.05) is 6.04 Å². The first-order valence-corrected chi connectivity index (χ1v) is 6.84. The van der Waals surface area contributed by atoms with Crippen LogP contribution in [0, 0.1) is 5.92 Å². The summed E-state index contributed by atoms with van der Waals surface area (Å²) in [6.45, 7) is 1.51. The lowest BCUT2D eigenvalue weighted by Gasteiger charge is -2.25. The fraction of sp³-hybridized carbons (Fsp3) is 0.923. The van der Waals surface area contributed by atoms with Crippen molar-refractivity contribution in [1.82, 2.24) is 10.6 Å². The second-order valence-corrected chi connectivity index (χ2v) is 5.31. The molecule has 0 bridgehead atoms.